The molecule has 0 aliphatic carbocycles. The Labute approximate surface area is 91.0 Å². The van der Waals surface area contributed by atoms with Crippen molar-refractivity contribution in [2.75, 3.05) is 20.2 Å². The number of aliphatic hydroxyl groups is 1. The molecule has 5 heteroatoms. The Hall–Kier alpha value is -0.650. The lowest BCUT2D eigenvalue weighted by atomic mass is 9.97. The lowest BCUT2D eigenvalue weighted by Gasteiger charge is -2.26. The summed E-state index contributed by atoms with van der Waals surface area (Å²) >= 11 is 0. The minimum Gasteiger partial charge on any atom is -0.388 e. The van der Waals surface area contributed by atoms with Gasteiger partial charge in [-0.25, -0.2) is 0 Å². The highest BCUT2D eigenvalue weighted by Gasteiger charge is 2.24. The van der Waals surface area contributed by atoms with Gasteiger partial charge >= 0.3 is 0 Å². The molecule has 0 spiro atoms. The van der Waals surface area contributed by atoms with E-state index in [0.29, 0.717) is 12.8 Å². The first-order chi connectivity index (χ1) is 7.02. The summed E-state index contributed by atoms with van der Waals surface area (Å²) in [5.41, 5.74) is 4.51. The van der Waals surface area contributed by atoms with Gasteiger partial charge in [0.25, 0.3) is 5.91 Å². The third-order valence-electron chi connectivity index (χ3n) is 2.70. The molecule has 1 atom stereocenters. The molecule has 0 aliphatic heterocycles. The van der Waals surface area contributed by atoms with E-state index in [1.54, 1.807) is 0 Å². The quantitative estimate of drug-likeness (QED) is 0.544. The molecule has 0 heterocycles. The van der Waals surface area contributed by atoms with Crippen LogP contribution in [-0.4, -0.2) is 42.9 Å². The Morgan fingerprint density at radius 1 is 1.53 bits per heavy atom. The van der Waals surface area contributed by atoms with Gasteiger partial charge in [0.1, 0.15) is 6.10 Å². The van der Waals surface area contributed by atoms with Gasteiger partial charge in [-0.2, -0.15) is 0 Å². The summed E-state index contributed by atoms with van der Waals surface area (Å²) in [6.45, 7) is 4.14. The van der Waals surface area contributed by atoms with Crippen LogP contribution in [0.2, 0.25) is 0 Å². The normalized spacial score (nSPS) is 13.7. The number of rotatable bonds is 7. The van der Waals surface area contributed by atoms with Crippen LogP contribution < -0.4 is 11.1 Å². The van der Waals surface area contributed by atoms with Crippen molar-refractivity contribution in [3.63, 3.8) is 0 Å². The van der Waals surface area contributed by atoms with Crippen LogP contribution in [0, 0.1) is 0 Å². The van der Waals surface area contributed by atoms with Crippen molar-refractivity contribution in [2.24, 2.45) is 5.73 Å². The Morgan fingerprint density at radius 3 is 2.40 bits per heavy atom. The lowest BCUT2D eigenvalue weighted by Crippen LogP contribution is -2.47. The molecule has 0 aromatic rings. The first-order valence-corrected chi connectivity index (χ1v) is 5.26. The van der Waals surface area contributed by atoms with Gasteiger partial charge in [-0.3, -0.25) is 4.79 Å². The summed E-state index contributed by atoms with van der Waals surface area (Å²) in [6, 6.07) is 0. The molecule has 0 rings (SSSR count). The van der Waals surface area contributed by atoms with Gasteiger partial charge in [0.05, 0.1) is 5.60 Å². The molecule has 0 aromatic carbocycles. The fourth-order valence-electron chi connectivity index (χ4n) is 1.18. The zero-order chi connectivity index (χ0) is 11.9. The van der Waals surface area contributed by atoms with Crippen molar-refractivity contribution >= 4 is 5.91 Å². The number of hydrogen-bond acceptors (Lipinski definition) is 4. The van der Waals surface area contributed by atoms with E-state index < -0.39 is 11.7 Å². The zero-order valence-corrected chi connectivity index (χ0v) is 9.75. The summed E-state index contributed by atoms with van der Waals surface area (Å²) in [4.78, 5) is 11.5. The Balaban J connectivity index is 4.08. The molecule has 0 fully saturated rings. The SMILES string of the molecule is CCC(O)(CC)CNC(=O)C(CN)OC. The van der Waals surface area contributed by atoms with Crippen LogP contribution >= 0.6 is 0 Å². The van der Waals surface area contributed by atoms with Gasteiger partial charge in [-0.1, -0.05) is 13.8 Å². The maximum absolute atomic E-state index is 11.5. The molecule has 0 bridgehead atoms. The van der Waals surface area contributed by atoms with Crippen LogP contribution in [0.15, 0.2) is 0 Å². The summed E-state index contributed by atoms with van der Waals surface area (Å²) in [5, 5.41) is 12.6. The predicted molar refractivity (Wildman–Crippen MR) is 58.4 cm³/mol. The molecule has 0 saturated heterocycles. The van der Waals surface area contributed by atoms with Gasteiger partial charge in [-0.15, -0.1) is 0 Å². The van der Waals surface area contributed by atoms with Crippen LogP contribution in [0.1, 0.15) is 26.7 Å². The molecular weight excluding hydrogens is 196 g/mol. The summed E-state index contributed by atoms with van der Waals surface area (Å²) in [6.07, 6.45) is 0.566. The first-order valence-electron chi connectivity index (χ1n) is 5.26. The molecule has 5 nitrogen and oxygen atoms in total. The fourth-order valence-corrected chi connectivity index (χ4v) is 1.18. The molecule has 15 heavy (non-hydrogen) atoms. The maximum Gasteiger partial charge on any atom is 0.250 e. The molecule has 0 aliphatic rings. The number of nitrogens with one attached hydrogen (secondary N) is 1. The average Bonchev–Trinajstić information content (AvgIpc) is 2.27. The zero-order valence-electron chi connectivity index (χ0n) is 9.75. The van der Waals surface area contributed by atoms with Crippen LogP contribution in [0.4, 0.5) is 0 Å². The molecule has 1 amide bonds. The summed E-state index contributed by atoms with van der Waals surface area (Å²) in [5.74, 6) is -0.277. The Bertz CT molecular complexity index is 189. The summed E-state index contributed by atoms with van der Waals surface area (Å²) in [7, 11) is 1.43. The van der Waals surface area contributed by atoms with Gasteiger partial charge < -0.3 is 20.9 Å². The number of methoxy groups -OCH3 is 1. The second-order valence-electron chi connectivity index (χ2n) is 3.61. The van der Waals surface area contributed by atoms with Crippen LogP contribution in [0.25, 0.3) is 0 Å². The third-order valence-corrected chi connectivity index (χ3v) is 2.70. The first kappa shape index (κ1) is 14.3. The highest BCUT2D eigenvalue weighted by atomic mass is 16.5. The highest BCUT2D eigenvalue weighted by Crippen LogP contribution is 2.12. The number of carbonyl (C=O) groups is 1. The number of ether oxygens (including phenoxy) is 1. The number of carbonyl (C=O) groups excluding carboxylic acids is 1. The minimum atomic E-state index is -0.831. The van der Waals surface area contributed by atoms with Crippen molar-refractivity contribution in [3.8, 4) is 0 Å². The van der Waals surface area contributed by atoms with E-state index in [1.807, 2.05) is 13.8 Å². The molecule has 0 radical (unpaired) electrons. The number of amides is 1. The van der Waals surface area contributed by atoms with Crippen molar-refractivity contribution in [3.05, 3.63) is 0 Å². The Kier molecular flexibility index (Phi) is 6.47. The maximum atomic E-state index is 11.5. The van der Waals surface area contributed by atoms with Crippen molar-refractivity contribution in [1.29, 1.82) is 0 Å². The van der Waals surface area contributed by atoms with E-state index in [2.05, 4.69) is 5.32 Å². The van der Waals surface area contributed by atoms with Crippen LogP contribution in [-0.2, 0) is 9.53 Å². The monoisotopic (exact) mass is 218 g/mol. The largest absolute Gasteiger partial charge is 0.388 e. The lowest BCUT2D eigenvalue weighted by molar-refractivity contribution is -0.131. The second-order valence-corrected chi connectivity index (χ2v) is 3.61. The van der Waals surface area contributed by atoms with Crippen LogP contribution in [0.5, 0.6) is 0 Å². The minimum absolute atomic E-state index is 0.138. The van der Waals surface area contributed by atoms with Gasteiger partial charge in [0.2, 0.25) is 0 Å². The van der Waals surface area contributed by atoms with Gasteiger partial charge in [0.15, 0.2) is 0 Å². The van der Waals surface area contributed by atoms with E-state index in [9.17, 15) is 9.90 Å². The van der Waals surface area contributed by atoms with E-state index in [-0.39, 0.29) is 19.0 Å². The highest BCUT2D eigenvalue weighted by molar-refractivity contribution is 5.81. The third kappa shape index (κ3) is 4.59. The Morgan fingerprint density at radius 2 is 2.07 bits per heavy atom. The molecule has 90 valence electrons. The van der Waals surface area contributed by atoms with E-state index >= 15 is 0 Å². The van der Waals surface area contributed by atoms with Crippen molar-refractivity contribution in [1.82, 2.24) is 5.32 Å². The topological polar surface area (TPSA) is 84.6 Å². The predicted octanol–water partition coefficient (Wildman–Crippen LogP) is -0.373. The number of hydrogen-bond donors (Lipinski definition) is 3. The van der Waals surface area contributed by atoms with E-state index in [1.165, 1.54) is 7.11 Å². The van der Waals surface area contributed by atoms with E-state index in [4.69, 9.17) is 10.5 Å². The smallest absolute Gasteiger partial charge is 0.250 e. The van der Waals surface area contributed by atoms with E-state index in [0.717, 1.165) is 0 Å². The van der Waals surface area contributed by atoms with Crippen molar-refractivity contribution < 1.29 is 14.6 Å². The second kappa shape index (κ2) is 6.76. The average molecular weight is 218 g/mol. The number of nitrogens with two attached hydrogens (primary N) is 1. The van der Waals surface area contributed by atoms with Crippen LogP contribution in [0.3, 0.4) is 0 Å². The molecule has 1 unspecified atom stereocenters. The molecular formula is C10H22N2O3. The van der Waals surface area contributed by atoms with Gasteiger partial charge in [-0.05, 0) is 12.8 Å². The standard InChI is InChI=1S/C10H22N2O3/c1-4-10(14,5-2)7-12-9(13)8(6-11)15-3/h8,14H,4-7,11H2,1-3H3,(H,12,13). The van der Waals surface area contributed by atoms with Gasteiger partial charge in [0, 0.05) is 20.2 Å². The fraction of sp³-hybridized carbons (Fsp3) is 0.900. The molecule has 0 saturated carbocycles. The molecule has 4 N–H and O–H groups in total. The van der Waals surface area contributed by atoms with Crippen molar-refractivity contribution in [2.45, 2.75) is 38.4 Å². The molecule has 0 aromatic heterocycles. The summed E-state index contributed by atoms with van der Waals surface area (Å²) < 4.78 is 4.88.